The molecule has 2 aliphatic rings. The molecule has 3 heteroatoms. The maximum absolute atomic E-state index is 12.4. The summed E-state index contributed by atoms with van der Waals surface area (Å²) in [6.45, 7) is 2.28. The van der Waals surface area contributed by atoms with Crippen molar-refractivity contribution in [3.63, 3.8) is 0 Å². The van der Waals surface area contributed by atoms with Gasteiger partial charge in [0.15, 0.2) is 0 Å². The first-order valence-corrected chi connectivity index (χ1v) is 12.3. The number of hydrogen-bond donors (Lipinski definition) is 0. The summed E-state index contributed by atoms with van der Waals surface area (Å²) in [6, 6.07) is 9.25. The van der Waals surface area contributed by atoms with E-state index in [1.807, 2.05) is 0 Å². The molecule has 168 valence electrons. The predicted molar refractivity (Wildman–Crippen MR) is 120 cm³/mol. The SMILES string of the molecule is CCCCCCC1CCC(c2ccc(C3CCC(/C=C/C(F)(F)F)CC3)cc2)CC1. The molecule has 1 aromatic carbocycles. The zero-order chi connectivity index (χ0) is 21.4. The Bertz CT molecular complexity index is 627. The summed E-state index contributed by atoms with van der Waals surface area (Å²) >= 11 is 0. The third-order valence-electron chi connectivity index (χ3n) is 7.52. The van der Waals surface area contributed by atoms with Gasteiger partial charge in [0.25, 0.3) is 0 Å². The van der Waals surface area contributed by atoms with Crippen LogP contribution in [0.2, 0.25) is 0 Å². The predicted octanol–water partition coefficient (Wildman–Crippen LogP) is 9.32. The van der Waals surface area contributed by atoms with Crippen LogP contribution in [0.3, 0.4) is 0 Å². The van der Waals surface area contributed by atoms with Crippen molar-refractivity contribution >= 4 is 0 Å². The van der Waals surface area contributed by atoms with Gasteiger partial charge in [0.2, 0.25) is 0 Å². The molecule has 0 heterocycles. The number of rotatable bonds is 8. The smallest absolute Gasteiger partial charge is 0.167 e. The fourth-order valence-electron chi connectivity index (χ4n) is 5.57. The van der Waals surface area contributed by atoms with Gasteiger partial charge in [0.1, 0.15) is 0 Å². The Hall–Kier alpha value is -1.25. The van der Waals surface area contributed by atoms with Crippen LogP contribution >= 0.6 is 0 Å². The van der Waals surface area contributed by atoms with Crippen LogP contribution in [0.1, 0.15) is 113 Å². The van der Waals surface area contributed by atoms with Crippen molar-refractivity contribution in [1.82, 2.24) is 0 Å². The largest absolute Gasteiger partial charge is 0.409 e. The second-order valence-electron chi connectivity index (χ2n) is 9.75. The van der Waals surface area contributed by atoms with Crippen molar-refractivity contribution in [3.8, 4) is 0 Å². The fourth-order valence-corrected chi connectivity index (χ4v) is 5.57. The normalized spacial score (nSPS) is 28.1. The van der Waals surface area contributed by atoms with Crippen LogP contribution in [-0.4, -0.2) is 6.18 Å². The zero-order valence-corrected chi connectivity index (χ0v) is 18.6. The van der Waals surface area contributed by atoms with Crippen molar-refractivity contribution in [3.05, 3.63) is 47.5 Å². The Kier molecular flexibility index (Phi) is 8.89. The molecule has 0 amide bonds. The second-order valence-corrected chi connectivity index (χ2v) is 9.75. The van der Waals surface area contributed by atoms with E-state index in [1.165, 1.54) is 75.0 Å². The van der Waals surface area contributed by atoms with Gasteiger partial charge in [-0.2, -0.15) is 13.2 Å². The van der Waals surface area contributed by atoms with Gasteiger partial charge in [0.05, 0.1) is 0 Å². The maximum Gasteiger partial charge on any atom is 0.409 e. The van der Waals surface area contributed by atoms with Crippen molar-refractivity contribution in [2.45, 2.75) is 108 Å². The Balaban J connectivity index is 1.42. The molecule has 0 radical (unpaired) electrons. The minimum absolute atomic E-state index is 0.0827. The van der Waals surface area contributed by atoms with Crippen LogP contribution in [0.15, 0.2) is 36.4 Å². The van der Waals surface area contributed by atoms with Gasteiger partial charge in [0, 0.05) is 6.08 Å². The molecule has 1 aromatic rings. The average Bonchev–Trinajstić information content (AvgIpc) is 2.76. The molecule has 0 saturated heterocycles. The molecule has 0 bridgehead atoms. The maximum atomic E-state index is 12.4. The van der Waals surface area contributed by atoms with Gasteiger partial charge < -0.3 is 0 Å². The van der Waals surface area contributed by atoms with Crippen LogP contribution in [-0.2, 0) is 0 Å². The Morgan fingerprint density at radius 3 is 1.80 bits per heavy atom. The van der Waals surface area contributed by atoms with Crippen molar-refractivity contribution in [1.29, 1.82) is 0 Å². The van der Waals surface area contributed by atoms with E-state index in [4.69, 9.17) is 0 Å². The van der Waals surface area contributed by atoms with E-state index >= 15 is 0 Å². The van der Waals surface area contributed by atoms with Gasteiger partial charge in [-0.05, 0) is 86.2 Å². The van der Waals surface area contributed by atoms with Gasteiger partial charge in [-0.3, -0.25) is 0 Å². The molecular formula is C27H39F3. The van der Waals surface area contributed by atoms with E-state index in [9.17, 15) is 13.2 Å². The van der Waals surface area contributed by atoms with Gasteiger partial charge >= 0.3 is 6.18 Å². The lowest BCUT2D eigenvalue weighted by Gasteiger charge is -2.30. The summed E-state index contributed by atoms with van der Waals surface area (Å²) in [7, 11) is 0. The number of alkyl halides is 3. The topological polar surface area (TPSA) is 0 Å². The number of benzene rings is 1. The molecule has 0 aliphatic heterocycles. The first kappa shape index (κ1) is 23.4. The van der Waals surface area contributed by atoms with Crippen LogP contribution in [0.25, 0.3) is 0 Å². The molecule has 2 fully saturated rings. The summed E-state index contributed by atoms with van der Waals surface area (Å²) in [6.07, 6.45) is 13.7. The van der Waals surface area contributed by atoms with E-state index in [-0.39, 0.29) is 5.92 Å². The monoisotopic (exact) mass is 420 g/mol. The molecule has 0 atom stereocenters. The average molecular weight is 421 g/mol. The Morgan fingerprint density at radius 2 is 1.30 bits per heavy atom. The molecule has 2 saturated carbocycles. The molecule has 0 nitrogen and oxygen atoms in total. The van der Waals surface area contributed by atoms with Gasteiger partial charge in [-0.25, -0.2) is 0 Å². The lowest BCUT2D eigenvalue weighted by molar-refractivity contribution is -0.0803. The number of unbranched alkanes of at least 4 members (excludes halogenated alkanes) is 3. The fraction of sp³-hybridized carbons (Fsp3) is 0.704. The number of allylic oxidation sites excluding steroid dienone is 2. The molecule has 0 N–H and O–H groups in total. The highest BCUT2D eigenvalue weighted by atomic mass is 19.4. The van der Waals surface area contributed by atoms with Crippen LogP contribution in [0, 0.1) is 11.8 Å². The third-order valence-corrected chi connectivity index (χ3v) is 7.52. The highest BCUT2D eigenvalue weighted by molar-refractivity contribution is 5.28. The second kappa shape index (κ2) is 11.4. The Morgan fingerprint density at radius 1 is 0.767 bits per heavy atom. The standard InChI is InChI=1S/C27H39F3/c1-2-3-4-5-6-21-7-11-23(12-8-21)25-15-17-26(18-16-25)24-13-9-22(10-14-24)19-20-27(28,29)30/h15-24H,2-14H2,1H3/b20-19+. The molecule has 2 aliphatic carbocycles. The lowest BCUT2D eigenvalue weighted by atomic mass is 9.75. The van der Waals surface area contributed by atoms with Gasteiger partial charge in [-0.15, -0.1) is 0 Å². The molecule has 0 spiro atoms. The number of halogens is 3. The summed E-state index contributed by atoms with van der Waals surface area (Å²) in [5.41, 5.74) is 2.87. The molecule has 3 rings (SSSR count). The van der Waals surface area contributed by atoms with E-state index in [1.54, 1.807) is 0 Å². The minimum atomic E-state index is -4.18. The quantitative estimate of drug-likeness (QED) is 0.290. The van der Waals surface area contributed by atoms with E-state index < -0.39 is 6.18 Å². The summed E-state index contributed by atoms with van der Waals surface area (Å²) in [4.78, 5) is 0. The molecule has 0 aromatic heterocycles. The summed E-state index contributed by atoms with van der Waals surface area (Å²) in [5, 5.41) is 0. The third kappa shape index (κ3) is 7.46. The highest BCUT2D eigenvalue weighted by Gasteiger charge is 2.26. The number of hydrogen-bond acceptors (Lipinski definition) is 0. The first-order chi connectivity index (χ1) is 14.4. The first-order valence-electron chi connectivity index (χ1n) is 12.3. The Labute approximate surface area is 181 Å². The molecule has 0 unspecified atom stereocenters. The zero-order valence-electron chi connectivity index (χ0n) is 18.6. The van der Waals surface area contributed by atoms with E-state index in [0.717, 1.165) is 31.6 Å². The minimum Gasteiger partial charge on any atom is -0.167 e. The molecular weight excluding hydrogens is 381 g/mol. The van der Waals surface area contributed by atoms with Gasteiger partial charge in [-0.1, -0.05) is 69.4 Å². The van der Waals surface area contributed by atoms with E-state index in [0.29, 0.717) is 17.9 Å². The van der Waals surface area contributed by atoms with E-state index in [2.05, 4.69) is 31.2 Å². The summed E-state index contributed by atoms with van der Waals surface area (Å²) < 4.78 is 37.1. The summed E-state index contributed by atoms with van der Waals surface area (Å²) in [5.74, 6) is 2.25. The van der Waals surface area contributed by atoms with Crippen molar-refractivity contribution < 1.29 is 13.2 Å². The van der Waals surface area contributed by atoms with Crippen molar-refractivity contribution in [2.24, 2.45) is 11.8 Å². The van der Waals surface area contributed by atoms with Crippen molar-refractivity contribution in [2.75, 3.05) is 0 Å². The lowest BCUT2D eigenvalue weighted by Crippen LogP contribution is -2.14. The van der Waals surface area contributed by atoms with Crippen LogP contribution < -0.4 is 0 Å². The highest BCUT2D eigenvalue weighted by Crippen LogP contribution is 2.40. The molecule has 30 heavy (non-hydrogen) atoms. The van der Waals surface area contributed by atoms with Crippen LogP contribution in [0.5, 0.6) is 0 Å². The van der Waals surface area contributed by atoms with Crippen LogP contribution in [0.4, 0.5) is 13.2 Å².